The Balaban J connectivity index is 2.38. The molecule has 0 fully saturated rings. The van der Waals surface area contributed by atoms with E-state index in [0.29, 0.717) is 10.0 Å². The first-order chi connectivity index (χ1) is 9.71. The van der Waals surface area contributed by atoms with Gasteiger partial charge >= 0.3 is 0 Å². The smallest absolute Gasteiger partial charge is 0.246 e. The minimum Gasteiger partial charge on any atom is -0.399 e. The quantitative estimate of drug-likeness (QED) is 0.805. The number of nitrogens with two attached hydrogens (primary N) is 1. The van der Waals surface area contributed by atoms with Crippen molar-refractivity contribution in [2.75, 3.05) is 12.8 Å². The second kappa shape index (κ2) is 6.32. The van der Waals surface area contributed by atoms with E-state index in [1.165, 1.54) is 34.8 Å². The van der Waals surface area contributed by atoms with E-state index in [9.17, 15) is 8.42 Å². The highest BCUT2D eigenvalue weighted by atomic mass is 35.5. The molecule has 0 atom stereocenters. The van der Waals surface area contributed by atoms with Crippen molar-refractivity contribution < 1.29 is 8.42 Å². The van der Waals surface area contributed by atoms with Gasteiger partial charge in [0.15, 0.2) is 0 Å². The van der Waals surface area contributed by atoms with Gasteiger partial charge in [0, 0.05) is 24.2 Å². The largest absolute Gasteiger partial charge is 0.399 e. The summed E-state index contributed by atoms with van der Waals surface area (Å²) in [7, 11) is -2.38. The van der Waals surface area contributed by atoms with Gasteiger partial charge in [-0.05, 0) is 24.3 Å². The zero-order chi connectivity index (χ0) is 15.8. The predicted octanol–water partition coefficient (Wildman–Crippen LogP) is 4.11. The van der Waals surface area contributed by atoms with E-state index in [1.807, 2.05) is 0 Å². The van der Waals surface area contributed by atoms with Crippen LogP contribution in [-0.2, 0) is 16.6 Å². The number of nitrogens with zero attached hydrogens (tertiary/aromatic N) is 1. The molecule has 0 unspecified atom stereocenters. The molecule has 2 rings (SSSR count). The Morgan fingerprint density at radius 3 is 2.24 bits per heavy atom. The third kappa shape index (κ3) is 3.64. The van der Waals surface area contributed by atoms with Gasteiger partial charge in [0.05, 0.1) is 14.4 Å². The minimum absolute atomic E-state index is 0.00365. The molecule has 114 valence electrons. The number of sulfonamides is 1. The Hall–Kier alpha value is -0.500. The molecule has 1 aromatic heterocycles. The second-order valence-corrected chi connectivity index (χ2v) is 8.88. The number of halogens is 3. The summed E-state index contributed by atoms with van der Waals surface area (Å²) in [5, 5.41) is -0.00729. The molecule has 0 bridgehead atoms. The van der Waals surface area contributed by atoms with Gasteiger partial charge in [-0.25, -0.2) is 8.42 Å². The molecule has 0 spiro atoms. The van der Waals surface area contributed by atoms with Crippen LogP contribution in [0.4, 0.5) is 5.69 Å². The topological polar surface area (TPSA) is 63.4 Å². The monoisotopic (exact) mass is 384 g/mol. The molecule has 0 aliphatic carbocycles. The lowest BCUT2D eigenvalue weighted by Gasteiger charge is -2.18. The number of benzene rings is 1. The van der Waals surface area contributed by atoms with Crippen LogP contribution < -0.4 is 5.73 Å². The molecular weight excluding hydrogens is 375 g/mol. The molecule has 2 aromatic rings. The highest BCUT2D eigenvalue weighted by molar-refractivity contribution is 7.89. The van der Waals surface area contributed by atoms with Crippen molar-refractivity contribution in [1.82, 2.24) is 4.31 Å². The fourth-order valence-electron chi connectivity index (χ4n) is 1.72. The van der Waals surface area contributed by atoms with Crippen LogP contribution in [0.5, 0.6) is 0 Å². The van der Waals surface area contributed by atoms with Crippen molar-refractivity contribution in [2.45, 2.75) is 11.4 Å². The number of thiophene rings is 1. The summed E-state index contributed by atoms with van der Waals surface area (Å²) in [4.78, 5) is 0.666. The maximum absolute atomic E-state index is 12.6. The summed E-state index contributed by atoms with van der Waals surface area (Å²) in [6.45, 7) is 0.177. The van der Waals surface area contributed by atoms with E-state index in [4.69, 9.17) is 40.5 Å². The summed E-state index contributed by atoms with van der Waals surface area (Å²) in [6.07, 6.45) is 0. The molecule has 0 saturated heterocycles. The summed E-state index contributed by atoms with van der Waals surface area (Å²) in [5.74, 6) is 0. The van der Waals surface area contributed by atoms with E-state index < -0.39 is 10.0 Å². The van der Waals surface area contributed by atoms with Crippen molar-refractivity contribution in [1.29, 1.82) is 0 Å². The van der Waals surface area contributed by atoms with Gasteiger partial charge in [-0.3, -0.25) is 0 Å². The van der Waals surface area contributed by atoms with Crippen LogP contribution in [0, 0.1) is 0 Å². The average molecular weight is 386 g/mol. The molecule has 21 heavy (non-hydrogen) atoms. The number of rotatable bonds is 4. The van der Waals surface area contributed by atoms with Crippen molar-refractivity contribution in [3.05, 3.63) is 43.5 Å². The normalized spacial score (nSPS) is 12.0. The van der Waals surface area contributed by atoms with Gasteiger partial charge in [-0.15, -0.1) is 11.3 Å². The van der Waals surface area contributed by atoms with Crippen molar-refractivity contribution >= 4 is 61.9 Å². The summed E-state index contributed by atoms with van der Waals surface area (Å²) >= 11 is 19.1. The fraction of sp³-hybridized carbons (Fsp3) is 0.167. The molecule has 0 saturated carbocycles. The van der Waals surface area contributed by atoms with Crippen LogP contribution in [0.3, 0.4) is 0 Å². The molecule has 0 aliphatic heterocycles. The first-order valence-corrected chi connectivity index (χ1v) is 9.06. The predicted molar refractivity (Wildman–Crippen MR) is 88.9 cm³/mol. The molecule has 0 aliphatic rings. The lowest BCUT2D eigenvalue weighted by Crippen LogP contribution is -2.26. The molecular formula is C12H11Cl3N2O2S2. The fourth-order valence-corrected chi connectivity index (χ4v) is 5.27. The van der Waals surface area contributed by atoms with Gasteiger partial charge in [0.1, 0.15) is 4.90 Å². The Kier molecular flexibility index (Phi) is 5.07. The van der Waals surface area contributed by atoms with Crippen LogP contribution in [0.1, 0.15) is 4.88 Å². The minimum atomic E-state index is -3.83. The highest BCUT2D eigenvalue weighted by Crippen LogP contribution is 2.34. The standard InChI is InChI=1S/C12H11Cl3N2O2S2/c1-17(6-8-2-3-11(15)20-8)21(18,19)12-9(13)4-7(16)5-10(12)14/h2-5H,6,16H2,1H3. The first kappa shape index (κ1) is 16.9. The van der Waals surface area contributed by atoms with Crippen LogP contribution >= 0.6 is 46.1 Å². The average Bonchev–Trinajstić information content (AvgIpc) is 2.72. The third-order valence-corrected chi connectivity index (χ3v) is 6.64. The third-order valence-electron chi connectivity index (χ3n) is 2.70. The van der Waals surface area contributed by atoms with Gasteiger partial charge < -0.3 is 5.73 Å². The van der Waals surface area contributed by atoms with E-state index in [0.717, 1.165) is 4.88 Å². The van der Waals surface area contributed by atoms with Crippen LogP contribution in [0.15, 0.2) is 29.2 Å². The first-order valence-electron chi connectivity index (χ1n) is 5.67. The lowest BCUT2D eigenvalue weighted by molar-refractivity contribution is 0.470. The van der Waals surface area contributed by atoms with E-state index in [-0.39, 0.29) is 21.5 Å². The number of hydrogen-bond donors (Lipinski definition) is 1. The second-order valence-electron chi connectivity index (χ2n) is 4.28. The zero-order valence-corrected chi connectivity index (χ0v) is 14.7. The number of nitrogen functional groups attached to an aromatic ring is 1. The maximum atomic E-state index is 12.6. The highest BCUT2D eigenvalue weighted by Gasteiger charge is 2.27. The maximum Gasteiger partial charge on any atom is 0.246 e. The van der Waals surface area contributed by atoms with Crippen LogP contribution in [-0.4, -0.2) is 19.8 Å². The molecule has 1 heterocycles. The Labute approximate surface area is 142 Å². The molecule has 1 aromatic carbocycles. The Morgan fingerprint density at radius 1 is 1.19 bits per heavy atom. The van der Waals surface area contributed by atoms with Crippen molar-refractivity contribution in [3.8, 4) is 0 Å². The summed E-state index contributed by atoms with van der Waals surface area (Å²) in [5.41, 5.74) is 5.89. The molecule has 2 N–H and O–H groups in total. The number of anilines is 1. The van der Waals surface area contributed by atoms with Gasteiger partial charge in [-0.1, -0.05) is 34.8 Å². The molecule has 4 nitrogen and oxygen atoms in total. The number of hydrogen-bond acceptors (Lipinski definition) is 4. The summed E-state index contributed by atoms with van der Waals surface area (Å²) in [6, 6.07) is 6.20. The van der Waals surface area contributed by atoms with E-state index in [1.54, 1.807) is 12.1 Å². The zero-order valence-electron chi connectivity index (χ0n) is 10.8. The van der Waals surface area contributed by atoms with E-state index in [2.05, 4.69) is 0 Å². The molecule has 0 radical (unpaired) electrons. The van der Waals surface area contributed by atoms with Gasteiger partial charge in [-0.2, -0.15) is 4.31 Å². The van der Waals surface area contributed by atoms with Gasteiger partial charge in [0.25, 0.3) is 0 Å². The van der Waals surface area contributed by atoms with Gasteiger partial charge in [0.2, 0.25) is 10.0 Å². The SMILES string of the molecule is CN(Cc1ccc(Cl)s1)S(=O)(=O)c1c(Cl)cc(N)cc1Cl. The van der Waals surface area contributed by atoms with Crippen LogP contribution in [0.2, 0.25) is 14.4 Å². The summed E-state index contributed by atoms with van der Waals surface area (Å²) < 4.78 is 26.9. The molecule has 0 amide bonds. The lowest BCUT2D eigenvalue weighted by atomic mass is 10.3. The Morgan fingerprint density at radius 2 is 1.76 bits per heavy atom. The van der Waals surface area contributed by atoms with Crippen molar-refractivity contribution in [2.24, 2.45) is 0 Å². The van der Waals surface area contributed by atoms with Crippen LogP contribution in [0.25, 0.3) is 0 Å². The van der Waals surface area contributed by atoms with Crippen molar-refractivity contribution in [3.63, 3.8) is 0 Å². The van der Waals surface area contributed by atoms with E-state index >= 15 is 0 Å². The Bertz CT molecular complexity index is 752. The molecule has 9 heteroatoms.